The van der Waals surface area contributed by atoms with E-state index in [4.69, 9.17) is 5.11 Å². The summed E-state index contributed by atoms with van der Waals surface area (Å²) in [4.78, 5) is 4.18. The Kier molecular flexibility index (Phi) is 2.26. The molecule has 11 heavy (non-hydrogen) atoms. The Morgan fingerprint density at radius 1 is 1.36 bits per heavy atom. The molecule has 1 rings (SSSR count). The van der Waals surface area contributed by atoms with Crippen LogP contribution in [0.1, 0.15) is 13.8 Å². The summed E-state index contributed by atoms with van der Waals surface area (Å²) >= 11 is 0. The summed E-state index contributed by atoms with van der Waals surface area (Å²) in [5, 5.41) is 9.06. The SMILES string of the molecule is CC(C)=Nc1cccc(O)c1. The molecule has 0 heterocycles. The highest BCUT2D eigenvalue weighted by atomic mass is 16.3. The standard InChI is InChI=1S/C9H11NO/c1-7(2)10-8-4-3-5-9(11)6-8/h3-6,11H,1-2H3. The van der Waals surface area contributed by atoms with Crippen molar-refractivity contribution >= 4 is 11.4 Å². The summed E-state index contributed by atoms with van der Waals surface area (Å²) in [6.45, 7) is 3.84. The number of hydrogen-bond acceptors (Lipinski definition) is 2. The lowest BCUT2D eigenvalue weighted by Gasteiger charge is -1.94. The maximum absolute atomic E-state index is 9.06. The molecule has 0 radical (unpaired) electrons. The zero-order valence-corrected chi connectivity index (χ0v) is 6.70. The summed E-state index contributed by atoms with van der Waals surface area (Å²) in [5.41, 5.74) is 1.78. The van der Waals surface area contributed by atoms with Crippen LogP contribution < -0.4 is 0 Å². The van der Waals surface area contributed by atoms with Gasteiger partial charge in [-0.2, -0.15) is 0 Å². The Labute approximate surface area is 66.2 Å². The molecule has 0 fully saturated rings. The molecule has 1 aromatic carbocycles. The van der Waals surface area contributed by atoms with Gasteiger partial charge in [-0.05, 0) is 26.0 Å². The Balaban J connectivity index is 2.97. The minimum absolute atomic E-state index is 0.257. The number of benzene rings is 1. The average molecular weight is 149 g/mol. The van der Waals surface area contributed by atoms with Crippen LogP contribution in [-0.2, 0) is 0 Å². The molecule has 0 atom stereocenters. The summed E-state index contributed by atoms with van der Waals surface area (Å²) in [7, 11) is 0. The lowest BCUT2D eigenvalue weighted by molar-refractivity contribution is 0.475. The van der Waals surface area contributed by atoms with Crippen LogP contribution in [-0.4, -0.2) is 10.8 Å². The molecule has 0 bridgehead atoms. The molecule has 0 aromatic heterocycles. The molecule has 0 aliphatic carbocycles. The number of rotatable bonds is 1. The first-order chi connectivity index (χ1) is 5.18. The second-order valence-electron chi connectivity index (χ2n) is 2.58. The van der Waals surface area contributed by atoms with E-state index in [0.717, 1.165) is 11.4 Å². The number of aromatic hydroxyl groups is 1. The Morgan fingerprint density at radius 3 is 2.64 bits per heavy atom. The highest BCUT2D eigenvalue weighted by Gasteiger charge is 1.89. The monoisotopic (exact) mass is 149 g/mol. The molecule has 0 saturated carbocycles. The van der Waals surface area contributed by atoms with Gasteiger partial charge in [0.05, 0.1) is 5.69 Å². The van der Waals surface area contributed by atoms with Crippen molar-refractivity contribution in [2.45, 2.75) is 13.8 Å². The molecule has 0 unspecified atom stereocenters. The topological polar surface area (TPSA) is 32.6 Å². The van der Waals surface area contributed by atoms with Crippen LogP contribution >= 0.6 is 0 Å². The molecule has 0 spiro atoms. The molecule has 2 nitrogen and oxygen atoms in total. The highest BCUT2D eigenvalue weighted by molar-refractivity contribution is 5.82. The van der Waals surface area contributed by atoms with Gasteiger partial charge in [-0.3, -0.25) is 4.99 Å². The van der Waals surface area contributed by atoms with Gasteiger partial charge in [0.15, 0.2) is 0 Å². The molecule has 0 aliphatic rings. The fourth-order valence-corrected chi connectivity index (χ4v) is 0.821. The minimum atomic E-state index is 0.257. The number of aliphatic imine (C=N–C) groups is 1. The zero-order chi connectivity index (χ0) is 8.27. The quantitative estimate of drug-likeness (QED) is 0.611. The Bertz CT molecular complexity index is 275. The van der Waals surface area contributed by atoms with Gasteiger partial charge in [0.1, 0.15) is 5.75 Å². The first-order valence-electron chi connectivity index (χ1n) is 3.49. The second-order valence-corrected chi connectivity index (χ2v) is 2.58. The predicted molar refractivity (Wildman–Crippen MR) is 46.5 cm³/mol. The van der Waals surface area contributed by atoms with Crippen LogP contribution in [0.25, 0.3) is 0 Å². The molecular formula is C9H11NO. The van der Waals surface area contributed by atoms with E-state index in [2.05, 4.69) is 4.99 Å². The van der Waals surface area contributed by atoms with E-state index in [0.29, 0.717) is 0 Å². The van der Waals surface area contributed by atoms with Gasteiger partial charge >= 0.3 is 0 Å². The minimum Gasteiger partial charge on any atom is -0.508 e. The molecule has 1 aromatic rings. The summed E-state index contributed by atoms with van der Waals surface area (Å²) in [6, 6.07) is 6.89. The normalized spacial score (nSPS) is 9.27. The first kappa shape index (κ1) is 7.79. The number of hydrogen-bond donors (Lipinski definition) is 1. The van der Waals surface area contributed by atoms with E-state index in [1.165, 1.54) is 0 Å². The summed E-state index contributed by atoms with van der Waals surface area (Å²) < 4.78 is 0. The van der Waals surface area contributed by atoms with E-state index in [1.807, 2.05) is 19.9 Å². The van der Waals surface area contributed by atoms with Crippen molar-refractivity contribution in [2.75, 3.05) is 0 Å². The van der Waals surface area contributed by atoms with Crippen molar-refractivity contribution in [3.05, 3.63) is 24.3 Å². The van der Waals surface area contributed by atoms with Gasteiger partial charge in [0.2, 0.25) is 0 Å². The zero-order valence-electron chi connectivity index (χ0n) is 6.70. The van der Waals surface area contributed by atoms with E-state index >= 15 is 0 Å². The lowest BCUT2D eigenvalue weighted by Crippen LogP contribution is -1.77. The second kappa shape index (κ2) is 3.19. The van der Waals surface area contributed by atoms with Crippen LogP contribution in [0, 0.1) is 0 Å². The van der Waals surface area contributed by atoms with Gasteiger partial charge in [-0.1, -0.05) is 6.07 Å². The van der Waals surface area contributed by atoms with Crippen LogP contribution in [0.4, 0.5) is 5.69 Å². The van der Waals surface area contributed by atoms with Crippen LogP contribution in [0.15, 0.2) is 29.3 Å². The van der Waals surface area contributed by atoms with E-state index in [1.54, 1.807) is 18.2 Å². The Morgan fingerprint density at radius 2 is 2.09 bits per heavy atom. The number of nitrogens with zero attached hydrogens (tertiary/aromatic N) is 1. The third-order valence-electron chi connectivity index (χ3n) is 1.18. The fraction of sp³-hybridized carbons (Fsp3) is 0.222. The number of phenolic OH excluding ortho intramolecular Hbond substituents is 1. The fourth-order valence-electron chi connectivity index (χ4n) is 0.821. The molecule has 0 aliphatic heterocycles. The maximum Gasteiger partial charge on any atom is 0.117 e. The van der Waals surface area contributed by atoms with Crippen LogP contribution in [0.3, 0.4) is 0 Å². The van der Waals surface area contributed by atoms with Gasteiger partial charge in [-0.25, -0.2) is 0 Å². The van der Waals surface area contributed by atoms with E-state index < -0.39 is 0 Å². The van der Waals surface area contributed by atoms with E-state index in [9.17, 15) is 0 Å². The van der Waals surface area contributed by atoms with Crippen LogP contribution in [0.5, 0.6) is 5.75 Å². The Hall–Kier alpha value is -1.31. The third-order valence-corrected chi connectivity index (χ3v) is 1.18. The van der Waals surface area contributed by atoms with Gasteiger partial charge in [0, 0.05) is 11.8 Å². The molecule has 0 amide bonds. The first-order valence-corrected chi connectivity index (χ1v) is 3.49. The average Bonchev–Trinajstić information content (AvgIpc) is 1.85. The number of phenols is 1. The predicted octanol–water partition coefficient (Wildman–Crippen LogP) is 2.50. The van der Waals surface area contributed by atoms with E-state index in [-0.39, 0.29) is 5.75 Å². The highest BCUT2D eigenvalue weighted by Crippen LogP contribution is 2.18. The van der Waals surface area contributed by atoms with Crippen LogP contribution in [0.2, 0.25) is 0 Å². The van der Waals surface area contributed by atoms with Crippen molar-refractivity contribution in [1.82, 2.24) is 0 Å². The smallest absolute Gasteiger partial charge is 0.117 e. The van der Waals surface area contributed by atoms with Crippen molar-refractivity contribution in [3.8, 4) is 5.75 Å². The van der Waals surface area contributed by atoms with Gasteiger partial charge < -0.3 is 5.11 Å². The van der Waals surface area contributed by atoms with Crippen molar-refractivity contribution in [3.63, 3.8) is 0 Å². The third kappa shape index (κ3) is 2.42. The van der Waals surface area contributed by atoms with Crippen molar-refractivity contribution in [2.24, 2.45) is 4.99 Å². The summed E-state index contributed by atoms with van der Waals surface area (Å²) in [5.74, 6) is 0.257. The molecule has 58 valence electrons. The molecular weight excluding hydrogens is 138 g/mol. The molecule has 0 saturated heterocycles. The van der Waals surface area contributed by atoms with Gasteiger partial charge in [-0.15, -0.1) is 0 Å². The van der Waals surface area contributed by atoms with Crippen molar-refractivity contribution < 1.29 is 5.11 Å². The van der Waals surface area contributed by atoms with Gasteiger partial charge in [0.25, 0.3) is 0 Å². The molecule has 1 N–H and O–H groups in total. The van der Waals surface area contributed by atoms with Crippen molar-refractivity contribution in [1.29, 1.82) is 0 Å². The summed E-state index contributed by atoms with van der Waals surface area (Å²) in [6.07, 6.45) is 0. The maximum atomic E-state index is 9.06. The largest absolute Gasteiger partial charge is 0.508 e. The lowest BCUT2D eigenvalue weighted by atomic mass is 10.3. The molecule has 2 heteroatoms.